The molecule has 1 aromatic carbocycles. The number of nitrogen functional groups attached to an aromatic ring is 1. The van der Waals surface area contributed by atoms with E-state index >= 15 is 0 Å². The first kappa shape index (κ1) is 19.7. The predicted octanol–water partition coefficient (Wildman–Crippen LogP) is 0.844. The highest BCUT2D eigenvalue weighted by Gasteiger charge is 2.44. The van der Waals surface area contributed by atoms with Gasteiger partial charge in [0.2, 0.25) is 0 Å². The number of ether oxygens (including phenoxy) is 1. The minimum atomic E-state index is -1.09. The molecule has 0 saturated carbocycles. The van der Waals surface area contributed by atoms with Crippen molar-refractivity contribution in [2.75, 3.05) is 12.3 Å². The average molecular weight is 398 g/mol. The number of aromatic nitrogens is 4. The van der Waals surface area contributed by atoms with Gasteiger partial charge in [0, 0.05) is 6.54 Å². The molecule has 1 aliphatic heterocycles. The summed E-state index contributed by atoms with van der Waals surface area (Å²) in [5, 5.41) is 24.5. The average Bonchev–Trinajstić information content (AvgIpc) is 3.26. The zero-order chi connectivity index (χ0) is 20.4. The van der Waals surface area contributed by atoms with Crippen LogP contribution in [0.4, 0.5) is 5.82 Å². The van der Waals surface area contributed by atoms with Crippen LogP contribution in [-0.2, 0) is 11.3 Å². The first-order chi connectivity index (χ1) is 14.0. The van der Waals surface area contributed by atoms with Gasteiger partial charge in [0.1, 0.15) is 24.1 Å². The fourth-order valence-corrected chi connectivity index (χ4v) is 3.75. The molecule has 0 radical (unpaired) electrons. The van der Waals surface area contributed by atoms with Crippen molar-refractivity contribution in [1.82, 2.24) is 24.8 Å². The Morgan fingerprint density at radius 3 is 2.76 bits per heavy atom. The Labute approximate surface area is 168 Å². The summed E-state index contributed by atoms with van der Waals surface area (Å²) in [6.45, 7) is 3.65. The lowest BCUT2D eigenvalue weighted by Gasteiger charge is -2.20. The summed E-state index contributed by atoms with van der Waals surface area (Å²) in [6.07, 6.45) is 0.111. The van der Waals surface area contributed by atoms with Gasteiger partial charge in [-0.1, -0.05) is 37.3 Å². The Morgan fingerprint density at radius 2 is 1.97 bits per heavy atom. The lowest BCUT2D eigenvalue weighted by atomic mass is 9.99. The van der Waals surface area contributed by atoms with E-state index in [2.05, 4.69) is 39.3 Å². The topological polar surface area (TPSA) is 131 Å². The van der Waals surface area contributed by atoms with Crippen LogP contribution >= 0.6 is 0 Å². The van der Waals surface area contributed by atoms with Crippen molar-refractivity contribution in [1.29, 1.82) is 0 Å². The predicted molar refractivity (Wildman–Crippen MR) is 108 cm³/mol. The van der Waals surface area contributed by atoms with E-state index in [9.17, 15) is 10.2 Å². The second-order valence-corrected chi connectivity index (χ2v) is 7.59. The number of fused-ring (bicyclic) bond motifs is 1. The summed E-state index contributed by atoms with van der Waals surface area (Å²) in [7, 11) is 0. The fourth-order valence-electron chi connectivity index (χ4n) is 3.75. The zero-order valence-electron chi connectivity index (χ0n) is 16.2. The van der Waals surface area contributed by atoms with Crippen LogP contribution < -0.4 is 11.1 Å². The highest BCUT2D eigenvalue weighted by Crippen LogP contribution is 2.34. The van der Waals surface area contributed by atoms with Crippen LogP contribution in [0, 0.1) is 5.92 Å². The SMILES string of the molecule is CC(CNCc1ccccc1)C[C@H]1O[C@@H](n2cnc3c(N)ncnc32)C(O)[C@H]1O. The second-order valence-electron chi connectivity index (χ2n) is 7.59. The smallest absolute Gasteiger partial charge is 0.167 e. The lowest BCUT2D eigenvalue weighted by Crippen LogP contribution is -2.33. The van der Waals surface area contributed by atoms with Gasteiger partial charge in [-0.3, -0.25) is 4.57 Å². The first-order valence-corrected chi connectivity index (χ1v) is 9.74. The third-order valence-corrected chi connectivity index (χ3v) is 5.30. The summed E-state index contributed by atoms with van der Waals surface area (Å²) in [4.78, 5) is 12.3. The maximum Gasteiger partial charge on any atom is 0.167 e. The Bertz CT molecular complexity index is 950. The van der Waals surface area contributed by atoms with Crippen LogP contribution in [0.25, 0.3) is 11.2 Å². The zero-order valence-corrected chi connectivity index (χ0v) is 16.2. The largest absolute Gasteiger partial charge is 0.388 e. The van der Waals surface area contributed by atoms with Gasteiger partial charge in [-0.15, -0.1) is 0 Å². The standard InChI is InChI=1S/C20H26N6O3/c1-12(8-22-9-13-5-3-2-4-6-13)7-14-16(27)17(28)20(29-14)26-11-25-15-18(21)23-10-24-19(15)26/h2-6,10-12,14,16-17,20,22,27-28H,7-9H2,1H3,(H2,21,23,24)/t12?,14-,16+,17?,20-/m1/s1. The molecule has 1 saturated heterocycles. The number of aliphatic hydroxyl groups is 2. The number of benzene rings is 1. The van der Waals surface area contributed by atoms with Crippen LogP contribution in [0.1, 0.15) is 25.1 Å². The van der Waals surface area contributed by atoms with Crippen molar-refractivity contribution in [2.45, 2.75) is 44.4 Å². The molecule has 1 aliphatic rings. The Balaban J connectivity index is 1.37. The number of rotatable bonds is 7. The molecule has 2 unspecified atom stereocenters. The third-order valence-electron chi connectivity index (χ3n) is 5.30. The molecule has 5 atom stereocenters. The molecule has 29 heavy (non-hydrogen) atoms. The Kier molecular flexibility index (Phi) is 5.72. The molecule has 9 heteroatoms. The van der Waals surface area contributed by atoms with Crippen molar-refractivity contribution < 1.29 is 14.9 Å². The lowest BCUT2D eigenvalue weighted by molar-refractivity contribution is -0.0406. The summed E-state index contributed by atoms with van der Waals surface area (Å²) in [5.74, 6) is 0.512. The van der Waals surface area contributed by atoms with Crippen LogP contribution in [0.15, 0.2) is 43.0 Å². The molecular formula is C20H26N6O3. The molecule has 3 aromatic rings. The molecule has 5 N–H and O–H groups in total. The summed E-state index contributed by atoms with van der Waals surface area (Å²) in [6, 6.07) is 10.2. The van der Waals surface area contributed by atoms with Gasteiger partial charge in [-0.2, -0.15) is 0 Å². The Hall–Kier alpha value is -2.59. The van der Waals surface area contributed by atoms with Crippen LogP contribution in [0.5, 0.6) is 0 Å². The molecule has 4 rings (SSSR count). The number of nitrogens with one attached hydrogen (secondary N) is 1. The minimum absolute atomic E-state index is 0.252. The molecule has 0 bridgehead atoms. The van der Waals surface area contributed by atoms with Gasteiger partial charge in [-0.25, -0.2) is 15.0 Å². The summed E-state index contributed by atoms with van der Waals surface area (Å²) in [5.41, 5.74) is 7.96. The minimum Gasteiger partial charge on any atom is -0.388 e. The van der Waals surface area contributed by atoms with Crippen molar-refractivity contribution in [3.05, 3.63) is 48.5 Å². The van der Waals surface area contributed by atoms with Gasteiger partial charge >= 0.3 is 0 Å². The van der Waals surface area contributed by atoms with E-state index in [1.165, 1.54) is 18.2 Å². The highest BCUT2D eigenvalue weighted by atomic mass is 16.6. The van der Waals surface area contributed by atoms with Gasteiger partial charge in [-0.05, 0) is 24.4 Å². The summed E-state index contributed by atoms with van der Waals surface area (Å²) < 4.78 is 7.60. The number of aliphatic hydroxyl groups excluding tert-OH is 2. The molecule has 1 fully saturated rings. The van der Waals surface area contributed by atoms with Crippen LogP contribution in [0.3, 0.4) is 0 Å². The van der Waals surface area contributed by atoms with Crippen molar-refractivity contribution in [3.63, 3.8) is 0 Å². The maximum absolute atomic E-state index is 10.6. The van der Waals surface area contributed by atoms with E-state index in [1.54, 1.807) is 4.57 Å². The number of imidazole rings is 1. The van der Waals surface area contributed by atoms with E-state index in [-0.39, 0.29) is 11.7 Å². The molecule has 0 amide bonds. The van der Waals surface area contributed by atoms with E-state index in [0.29, 0.717) is 17.6 Å². The van der Waals surface area contributed by atoms with Crippen LogP contribution in [-0.4, -0.2) is 54.6 Å². The van der Waals surface area contributed by atoms with Gasteiger partial charge in [0.25, 0.3) is 0 Å². The highest BCUT2D eigenvalue weighted by molar-refractivity contribution is 5.81. The number of nitrogens with two attached hydrogens (primary N) is 1. The molecule has 154 valence electrons. The van der Waals surface area contributed by atoms with E-state index < -0.39 is 24.5 Å². The van der Waals surface area contributed by atoms with Gasteiger partial charge in [0.05, 0.1) is 12.4 Å². The third kappa shape index (κ3) is 4.08. The number of anilines is 1. The second kappa shape index (κ2) is 8.42. The van der Waals surface area contributed by atoms with Gasteiger partial charge < -0.3 is 26.0 Å². The first-order valence-electron chi connectivity index (χ1n) is 9.74. The summed E-state index contributed by atoms with van der Waals surface area (Å²) >= 11 is 0. The van der Waals surface area contributed by atoms with E-state index in [1.807, 2.05) is 18.2 Å². The quantitative estimate of drug-likeness (QED) is 0.460. The molecular weight excluding hydrogens is 372 g/mol. The van der Waals surface area contributed by atoms with Crippen molar-refractivity contribution in [3.8, 4) is 0 Å². The fraction of sp³-hybridized carbons (Fsp3) is 0.450. The number of hydrogen-bond acceptors (Lipinski definition) is 8. The van der Waals surface area contributed by atoms with E-state index in [0.717, 1.165) is 13.1 Å². The molecule has 2 aromatic heterocycles. The Morgan fingerprint density at radius 1 is 1.17 bits per heavy atom. The van der Waals surface area contributed by atoms with Gasteiger partial charge in [0.15, 0.2) is 17.7 Å². The molecule has 0 aliphatic carbocycles. The maximum atomic E-state index is 10.6. The normalized spacial score (nSPS) is 25.5. The van der Waals surface area contributed by atoms with Crippen LogP contribution in [0.2, 0.25) is 0 Å². The van der Waals surface area contributed by atoms with Crippen molar-refractivity contribution in [2.24, 2.45) is 5.92 Å². The number of hydrogen-bond donors (Lipinski definition) is 4. The number of nitrogens with zero attached hydrogens (tertiary/aromatic N) is 4. The molecule has 3 heterocycles. The monoisotopic (exact) mass is 398 g/mol. The van der Waals surface area contributed by atoms with E-state index in [4.69, 9.17) is 10.5 Å². The molecule has 0 spiro atoms. The molecule has 9 nitrogen and oxygen atoms in total. The van der Waals surface area contributed by atoms with Crippen molar-refractivity contribution >= 4 is 17.0 Å².